The number of ether oxygens (including phenoxy) is 2. The van der Waals surface area contributed by atoms with Crippen molar-refractivity contribution in [3.8, 4) is 34.3 Å². The van der Waals surface area contributed by atoms with Crippen molar-refractivity contribution in [2.75, 3.05) is 73.7 Å². The second-order valence-corrected chi connectivity index (χ2v) is 22.4. The van der Waals surface area contributed by atoms with Gasteiger partial charge in [-0.1, -0.05) is 68.1 Å². The Bertz CT molecular complexity index is 3080. The SMILES string of the molecule is C.CCS(=O)(=O)N1CCN(c2ccc3[nH]c(-c4ccc(OCc5ccccc5)c(Br)c4)nc3n2)CC1.CCS(=O)(=O)N1CCN(c2ccc3[nH]c(-c4ccc(OCc5ccccc5)c(C)c4)nc3n2)CC1. The van der Waals surface area contributed by atoms with E-state index in [1.165, 1.54) is 0 Å². The molecule has 4 aromatic heterocycles. The maximum atomic E-state index is 12.1. The summed E-state index contributed by atoms with van der Waals surface area (Å²) in [7, 11) is -6.31. The number of benzene rings is 4. The molecule has 2 fully saturated rings. The summed E-state index contributed by atoms with van der Waals surface area (Å²) in [5.74, 6) is 4.95. The maximum Gasteiger partial charge on any atom is 0.213 e. The minimum absolute atomic E-state index is 0. The number of H-pyrrole nitrogens is 2. The number of nitrogens with zero attached hydrogens (tertiary/aromatic N) is 8. The van der Waals surface area contributed by atoms with Crippen LogP contribution in [0, 0.1) is 6.92 Å². The number of aromatic nitrogens is 6. The third-order valence-corrected chi connectivity index (χ3v) is 16.8. The van der Waals surface area contributed by atoms with Gasteiger partial charge in [0.1, 0.15) is 48.0 Å². The van der Waals surface area contributed by atoms with Gasteiger partial charge in [-0.3, -0.25) is 0 Å². The predicted octanol–water partition coefficient (Wildman–Crippen LogP) is 9.06. The third kappa shape index (κ3) is 12.0. The van der Waals surface area contributed by atoms with Gasteiger partial charge < -0.3 is 29.2 Å². The minimum Gasteiger partial charge on any atom is -0.489 e. The van der Waals surface area contributed by atoms with E-state index in [4.69, 9.17) is 29.4 Å². The van der Waals surface area contributed by atoms with Gasteiger partial charge in [-0.15, -0.1) is 0 Å². The quantitative estimate of drug-likeness (QED) is 0.106. The van der Waals surface area contributed by atoms with Crippen LogP contribution in [-0.4, -0.2) is 119 Å². The number of pyridine rings is 2. The van der Waals surface area contributed by atoms with E-state index in [1.807, 2.05) is 122 Å². The zero-order chi connectivity index (χ0) is 48.8. The summed E-state index contributed by atoms with van der Waals surface area (Å²) in [6.07, 6.45) is 0. The van der Waals surface area contributed by atoms with Gasteiger partial charge in [0.05, 0.1) is 27.0 Å². The number of nitrogens with one attached hydrogen (secondary N) is 2. The van der Waals surface area contributed by atoms with E-state index < -0.39 is 20.0 Å². The van der Waals surface area contributed by atoms with Gasteiger partial charge in [0.25, 0.3) is 0 Å². The van der Waals surface area contributed by atoms with E-state index in [9.17, 15) is 16.8 Å². The van der Waals surface area contributed by atoms with Gasteiger partial charge in [-0.2, -0.15) is 8.61 Å². The number of piperazine rings is 2. The van der Waals surface area contributed by atoms with E-state index in [2.05, 4.69) is 41.8 Å². The Morgan fingerprint density at radius 1 is 0.535 bits per heavy atom. The molecule has 6 heterocycles. The van der Waals surface area contributed by atoms with Crippen LogP contribution in [-0.2, 0) is 33.3 Å². The number of hydrogen-bond donors (Lipinski definition) is 2. The lowest BCUT2D eigenvalue weighted by Gasteiger charge is -2.34. The molecule has 8 aromatic rings. The molecule has 0 aliphatic carbocycles. The molecule has 71 heavy (non-hydrogen) atoms. The minimum atomic E-state index is -3.16. The van der Waals surface area contributed by atoms with Crippen molar-refractivity contribution in [1.82, 2.24) is 38.5 Å². The molecule has 0 bridgehead atoms. The smallest absolute Gasteiger partial charge is 0.213 e. The van der Waals surface area contributed by atoms with E-state index >= 15 is 0 Å². The summed E-state index contributed by atoms with van der Waals surface area (Å²) in [5.41, 5.74) is 8.13. The van der Waals surface area contributed by atoms with Crippen LogP contribution in [0.2, 0.25) is 0 Å². The Hall–Kier alpha value is -6.38. The highest BCUT2D eigenvalue weighted by atomic mass is 79.9. The van der Waals surface area contributed by atoms with E-state index in [-0.39, 0.29) is 18.9 Å². The fourth-order valence-corrected chi connectivity index (χ4v) is 11.0. The summed E-state index contributed by atoms with van der Waals surface area (Å²) in [4.78, 5) is 29.8. The van der Waals surface area contributed by atoms with Gasteiger partial charge in [0.15, 0.2) is 11.3 Å². The number of hydrogen-bond acceptors (Lipinski definition) is 12. The number of sulfonamides is 2. The largest absolute Gasteiger partial charge is 0.489 e. The normalized spacial score (nSPS) is 14.8. The first-order valence-corrected chi connectivity index (χ1v) is 27.3. The van der Waals surface area contributed by atoms with Crippen LogP contribution in [0.1, 0.15) is 38.0 Å². The molecular formula is C52H59BrN10O6S2. The van der Waals surface area contributed by atoms with Crippen LogP contribution in [0.25, 0.3) is 45.1 Å². The highest BCUT2D eigenvalue weighted by Gasteiger charge is 2.28. The zero-order valence-electron chi connectivity index (χ0n) is 39.3. The van der Waals surface area contributed by atoms with Gasteiger partial charge in [0, 0.05) is 63.5 Å². The molecule has 0 amide bonds. The van der Waals surface area contributed by atoms with Crippen molar-refractivity contribution in [1.29, 1.82) is 0 Å². The van der Waals surface area contributed by atoms with Gasteiger partial charge in [-0.25, -0.2) is 36.8 Å². The summed E-state index contributed by atoms with van der Waals surface area (Å²) in [5, 5.41) is 0. The standard InChI is InChI=1S/C26H29N5O3S.C25H26BrN5O3S.CH4/c1-3-35(32,33)31-15-13-30(14-16-31)24-12-10-22-26(28-24)29-25(27-22)21-9-11-23(19(2)17-21)34-18-20-7-5-4-6-8-20;1-2-35(32,33)31-14-12-30(13-15-31)23-11-9-21-25(28-23)29-24(27-21)19-8-10-22(20(26)16-19)34-17-18-6-4-3-5-7-18;/h4-12,17H,3,13-16,18H2,1-2H3,(H,27,28,29);3-11,16H,2,12-15,17H2,1H3,(H,27,28,29);1H4. The van der Waals surface area contributed by atoms with Crippen molar-refractivity contribution < 1.29 is 26.3 Å². The van der Waals surface area contributed by atoms with Crippen LogP contribution in [0.3, 0.4) is 0 Å². The Morgan fingerprint density at radius 2 is 0.958 bits per heavy atom. The third-order valence-electron chi connectivity index (χ3n) is 12.4. The number of halogens is 1. The van der Waals surface area contributed by atoms with E-state index in [1.54, 1.807) is 22.5 Å². The second-order valence-electron chi connectivity index (χ2n) is 17.0. The summed E-state index contributed by atoms with van der Waals surface area (Å²) < 4.78 is 64.4. The molecule has 372 valence electrons. The first kappa shape index (κ1) is 51.0. The molecule has 2 N–H and O–H groups in total. The van der Waals surface area contributed by atoms with Crippen molar-refractivity contribution >= 4 is 69.9 Å². The Labute approximate surface area is 424 Å². The van der Waals surface area contributed by atoms with Crippen molar-refractivity contribution in [2.24, 2.45) is 0 Å². The topological polar surface area (TPSA) is 183 Å². The predicted molar refractivity (Wildman–Crippen MR) is 286 cm³/mol. The van der Waals surface area contributed by atoms with E-state index in [0.717, 1.165) is 78.1 Å². The molecule has 0 radical (unpaired) electrons. The molecule has 0 unspecified atom stereocenters. The lowest BCUT2D eigenvalue weighted by atomic mass is 10.1. The average Bonchev–Trinajstić information content (AvgIpc) is 4.03. The van der Waals surface area contributed by atoms with Crippen LogP contribution in [0.5, 0.6) is 11.5 Å². The molecule has 0 saturated carbocycles. The van der Waals surface area contributed by atoms with E-state index in [0.29, 0.717) is 76.9 Å². The lowest BCUT2D eigenvalue weighted by Crippen LogP contribution is -2.49. The zero-order valence-corrected chi connectivity index (χ0v) is 42.5. The monoisotopic (exact) mass is 1060 g/mol. The fourth-order valence-electron chi connectivity index (χ4n) is 8.34. The summed E-state index contributed by atoms with van der Waals surface area (Å²) in [6.45, 7) is 10.7. The van der Waals surface area contributed by atoms with Crippen LogP contribution >= 0.6 is 15.9 Å². The summed E-state index contributed by atoms with van der Waals surface area (Å²) >= 11 is 3.61. The maximum absolute atomic E-state index is 12.1. The fraction of sp³-hybridized carbons (Fsp3) is 0.308. The number of fused-ring (bicyclic) bond motifs is 2. The number of imidazole rings is 2. The average molecular weight is 1060 g/mol. The number of anilines is 2. The van der Waals surface area contributed by atoms with Gasteiger partial charge >= 0.3 is 0 Å². The Morgan fingerprint density at radius 3 is 1.38 bits per heavy atom. The van der Waals surface area contributed by atoms with Crippen molar-refractivity contribution in [3.63, 3.8) is 0 Å². The van der Waals surface area contributed by atoms with Crippen LogP contribution < -0.4 is 19.3 Å². The Kier molecular flexibility index (Phi) is 16.1. The lowest BCUT2D eigenvalue weighted by molar-refractivity contribution is 0.304. The summed E-state index contributed by atoms with van der Waals surface area (Å²) in [6, 6.07) is 39.9. The van der Waals surface area contributed by atoms with Crippen LogP contribution in [0.4, 0.5) is 11.6 Å². The molecular weight excluding hydrogens is 1000 g/mol. The highest BCUT2D eigenvalue weighted by Crippen LogP contribution is 2.32. The van der Waals surface area contributed by atoms with Crippen LogP contribution in [0.15, 0.2) is 126 Å². The first-order valence-electron chi connectivity index (χ1n) is 23.3. The molecule has 4 aromatic carbocycles. The second kappa shape index (κ2) is 22.4. The molecule has 10 rings (SSSR count). The highest BCUT2D eigenvalue weighted by molar-refractivity contribution is 9.10. The molecule has 16 nitrogen and oxygen atoms in total. The molecule has 19 heteroatoms. The number of aryl methyl sites for hydroxylation is 1. The molecule has 2 saturated heterocycles. The molecule has 0 spiro atoms. The van der Waals surface area contributed by atoms with Crippen molar-refractivity contribution in [3.05, 3.63) is 142 Å². The van der Waals surface area contributed by atoms with Gasteiger partial charge in [-0.05, 0) is 114 Å². The molecule has 2 aliphatic heterocycles. The van der Waals surface area contributed by atoms with Gasteiger partial charge in [0.2, 0.25) is 20.0 Å². The number of rotatable bonds is 14. The first-order chi connectivity index (χ1) is 33.8. The number of aromatic amines is 2. The Balaban J connectivity index is 0.000000188. The van der Waals surface area contributed by atoms with Crippen molar-refractivity contribution in [2.45, 2.75) is 41.4 Å². The molecule has 0 atom stereocenters. The molecule has 2 aliphatic rings.